The molecule has 0 aliphatic carbocycles. The standard InChI is InChI=1S/C8H6F3N5/c9-8(10,11)7-14-5(12)4-6(15-7)16-3-1-2-13-16/h1-4H,(H2,12,14,15). The van der Waals surface area contributed by atoms with Crippen molar-refractivity contribution in [1.82, 2.24) is 19.7 Å². The number of rotatable bonds is 1. The lowest BCUT2D eigenvalue weighted by molar-refractivity contribution is -0.144. The number of aromatic nitrogens is 4. The summed E-state index contributed by atoms with van der Waals surface area (Å²) in [6.45, 7) is 0. The molecule has 0 aromatic carbocycles. The van der Waals surface area contributed by atoms with E-state index in [-0.39, 0.29) is 11.6 Å². The first-order chi connectivity index (χ1) is 7.47. The predicted octanol–water partition coefficient (Wildman–Crippen LogP) is 1.26. The molecule has 84 valence electrons. The van der Waals surface area contributed by atoms with E-state index in [1.807, 2.05) is 0 Å². The van der Waals surface area contributed by atoms with Crippen LogP contribution in [0.1, 0.15) is 5.82 Å². The maximum absolute atomic E-state index is 12.4. The number of nitrogens with zero attached hydrogens (tertiary/aromatic N) is 4. The first-order valence-electron chi connectivity index (χ1n) is 4.18. The molecule has 0 atom stereocenters. The fourth-order valence-electron chi connectivity index (χ4n) is 1.10. The Morgan fingerprint density at radius 3 is 2.56 bits per heavy atom. The normalized spacial score (nSPS) is 11.7. The van der Waals surface area contributed by atoms with Crippen LogP contribution in [0.2, 0.25) is 0 Å². The SMILES string of the molecule is Nc1cc(-n2cccn2)nc(C(F)(F)F)n1. The highest BCUT2D eigenvalue weighted by Crippen LogP contribution is 2.27. The summed E-state index contributed by atoms with van der Waals surface area (Å²) in [5.41, 5.74) is 5.27. The topological polar surface area (TPSA) is 69.6 Å². The molecule has 2 N–H and O–H groups in total. The highest BCUT2D eigenvalue weighted by Gasteiger charge is 2.35. The number of hydrogen-bond acceptors (Lipinski definition) is 4. The second kappa shape index (κ2) is 3.47. The third-order valence-corrected chi connectivity index (χ3v) is 1.73. The highest BCUT2D eigenvalue weighted by atomic mass is 19.4. The Bertz CT molecular complexity index is 491. The maximum atomic E-state index is 12.4. The minimum Gasteiger partial charge on any atom is -0.384 e. The Morgan fingerprint density at radius 2 is 2.00 bits per heavy atom. The lowest BCUT2D eigenvalue weighted by Gasteiger charge is -2.07. The summed E-state index contributed by atoms with van der Waals surface area (Å²) in [5, 5.41) is 3.75. The summed E-state index contributed by atoms with van der Waals surface area (Å²) in [5.74, 6) is -1.56. The lowest BCUT2D eigenvalue weighted by atomic mass is 10.5. The molecular formula is C8H6F3N5. The van der Waals surface area contributed by atoms with Crippen LogP contribution in [-0.2, 0) is 6.18 Å². The van der Waals surface area contributed by atoms with Gasteiger partial charge >= 0.3 is 6.18 Å². The molecule has 0 amide bonds. The van der Waals surface area contributed by atoms with Gasteiger partial charge in [-0.05, 0) is 6.07 Å². The van der Waals surface area contributed by atoms with Crippen molar-refractivity contribution in [1.29, 1.82) is 0 Å². The molecule has 0 aliphatic rings. The molecule has 2 heterocycles. The van der Waals surface area contributed by atoms with E-state index in [1.54, 1.807) is 6.07 Å². The number of halogens is 3. The zero-order valence-corrected chi connectivity index (χ0v) is 7.81. The summed E-state index contributed by atoms with van der Waals surface area (Å²) in [6.07, 6.45) is -1.75. The van der Waals surface area contributed by atoms with E-state index in [0.29, 0.717) is 0 Å². The Morgan fingerprint density at radius 1 is 1.25 bits per heavy atom. The summed E-state index contributed by atoms with van der Waals surface area (Å²) in [6, 6.07) is 2.77. The summed E-state index contributed by atoms with van der Waals surface area (Å²) >= 11 is 0. The van der Waals surface area contributed by atoms with Crippen LogP contribution in [0, 0.1) is 0 Å². The van der Waals surface area contributed by atoms with Crippen LogP contribution in [0.5, 0.6) is 0 Å². The predicted molar refractivity (Wildman–Crippen MR) is 48.6 cm³/mol. The fraction of sp³-hybridized carbons (Fsp3) is 0.125. The van der Waals surface area contributed by atoms with Crippen molar-refractivity contribution in [3.05, 3.63) is 30.4 Å². The van der Waals surface area contributed by atoms with Crippen LogP contribution in [0.15, 0.2) is 24.5 Å². The van der Waals surface area contributed by atoms with Crippen molar-refractivity contribution in [2.75, 3.05) is 5.73 Å². The molecule has 0 unspecified atom stereocenters. The number of nitrogens with two attached hydrogens (primary N) is 1. The van der Waals surface area contributed by atoms with Crippen LogP contribution >= 0.6 is 0 Å². The van der Waals surface area contributed by atoms with E-state index >= 15 is 0 Å². The van der Waals surface area contributed by atoms with Gasteiger partial charge in [-0.15, -0.1) is 0 Å². The van der Waals surface area contributed by atoms with Crippen molar-refractivity contribution >= 4 is 5.82 Å². The third-order valence-electron chi connectivity index (χ3n) is 1.73. The molecule has 2 aromatic heterocycles. The van der Waals surface area contributed by atoms with E-state index in [0.717, 1.165) is 0 Å². The quantitative estimate of drug-likeness (QED) is 0.799. The largest absolute Gasteiger partial charge is 0.451 e. The molecule has 16 heavy (non-hydrogen) atoms. The number of hydrogen-bond donors (Lipinski definition) is 1. The Kier molecular flexibility index (Phi) is 2.26. The minimum atomic E-state index is -4.63. The van der Waals surface area contributed by atoms with Crippen LogP contribution in [-0.4, -0.2) is 19.7 Å². The number of anilines is 1. The van der Waals surface area contributed by atoms with Crippen LogP contribution in [0.3, 0.4) is 0 Å². The zero-order valence-electron chi connectivity index (χ0n) is 7.81. The monoisotopic (exact) mass is 229 g/mol. The lowest BCUT2D eigenvalue weighted by Crippen LogP contribution is -2.14. The fourth-order valence-corrected chi connectivity index (χ4v) is 1.10. The smallest absolute Gasteiger partial charge is 0.384 e. The molecule has 0 radical (unpaired) electrons. The van der Waals surface area contributed by atoms with Crippen molar-refractivity contribution in [3.8, 4) is 5.82 Å². The molecule has 0 spiro atoms. The van der Waals surface area contributed by atoms with Gasteiger partial charge in [0.25, 0.3) is 0 Å². The zero-order chi connectivity index (χ0) is 11.8. The molecule has 0 aliphatic heterocycles. The van der Waals surface area contributed by atoms with Crippen LogP contribution in [0.25, 0.3) is 5.82 Å². The number of alkyl halides is 3. The van der Waals surface area contributed by atoms with Gasteiger partial charge in [0, 0.05) is 18.5 Å². The van der Waals surface area contributed by atoms with E-state index in [4.69, 9.17) is 5.73 Å². The van der Waals surface area contributed by atoms with Gasteiger partial charge < -0.3 is 5.73 Å². The Labute approximate surface area is 87.7 Å². The average molecular weight is 229 g/mol. The van der Waals surface area contributed by atoms with Gasteiger partial charge in [0.05, 0.1) is 0 Å². The number of nitrogen functional groups attached to an aromatic ring is 1. The molecular weight excluding hydrogens is 223 g/mol. The Balaban J connectivity index is 2.53. The average Bonchev–Trinajstić information content (AvgIpc) is 2.68. The summed E-state index contributed by atoms with van der Waals surface area (Å²) in [4.78, 5) is 6.45. The Hall–Kier alpha value is -2.12. The first-order valence-corrected chi connectivity index (χ1v) is 4.18. The minimum absolute atomic E-state index is 0.0233. The molecule has 2 rings (SSSR count). The van der Waals surface area contributed by atoms with Crippen molar-refractivity contribution in [3.63, 3.8) is 0 Å². The van der Waals surface area contributed by atoms with Crippen LogP contribution < -0.4 is 5.73 Å². The first kappa shape index (κ1) is 10.4. The van der Waals surface area contributed by atoms with E-state index < -0.39 is 12.0 Å². The van der Waals surface area contributed by atoms with Gasteiger partial charge in [-0.2, -0.15) is 18.3 Å². The van der Waals surface area contributed by atoms with Crippen molar-refractivity contribution in [2.45, 2.75) is 6.18 Å². The van der Waals surface area contributed by atoms with Gasteiger partial charge in [0.15, 0.2) is 5.82 Å². The second-order valence-corrected chi connectivity index (χ2v) is 2.92. The van der Waals surface area contributed by atoms with Gasteiger partial charge in [-0.1, -0.05) is 0 Å². The van der Waals surface area contributed by atoms with Crippen LogP contribution in [0.4, 0.5) is 19.0 Å². The van der Waals surface area contributed by atoms with Crippen molar-refractivity contribution in [2.24, 2.45) is 0 Å². The van der Waals surface area contributed by atoms with E-state index in [9.17, 15) is 13.2 Å². The molecule has 5 nitrogen and oxygen atoms in total. The molecule has 0 saturated carbocycles. The molecule has 0 saturated heterocycles. The van der Waals surface area contributed by atoms with Gasteiger partial charge in [-0.25, -0.2) is 14.6 Å². The van der Waals surface area contributed by atoms with E-state index in [2.05, 4.69) is 15.1 Å². The van der Waals surface area contributed by atoms with Gasteiger partial charge in [0.2, 0.25) is 5.82 Å². The maximum Gasteiger partial charge on any atom is 0.451 e. The molecule has 0 fully saturated rings. The third kappa shape index (κ3) is 1.95. The van der Waals surface area contributed by atoms with Gasteiger partial charge in [-0.3, -0.25) is 0 Å². The summed E-state index contributed by atoms with van der Waals surface area (Å²) < 4.78 is 38.3. The second-order valence-electron chi connectivity index (χ2n) is 2.92. The molecule has 0 bridgehead atoms. The van der Waals surface area contributed by atoms with E-state index in [1.165, 1.54) is 23.1 Å². The van der Waals surface area contributed by atoms with Gasteiger partial charge in [0.1, 0.15) is 5.82 Å². The summed E-state index contributed by atoms with van der Waals surface area (Å²) in [7, 11) is 0. The molecule has 2 aromatic rings. The van der Waals surface area contributed by atoms with Crippen molar-refractivity contribution < 1.29 is 13.2 Å². The highest BCUT2D eigenvalue weighted by molar-refractivity contribution is 5.37. The molecule has 8 heteroatoms.